The lowest BCUT2D eigenvalue weighted by atomic mass is 9.93. The molecule has 3 amide bonds. The number of nitrogens with zero attached hydrogens (tertiary/aromatic N) is 7. The van der Waals surface area contributed by atoms with Gasteiger partial charge >= 0.3 is 11.9 Å². The first-order valence-electron chi connectivity index (χ1n) is 10.5. The number of aryl methyl sites for hydroxylation is 1. The molecule has 19 heteroatoms. The Labute approximate surface area is 215 Å². The van der Waals surface area contributed by atoms with Crippen LogP contribution in [0.5, 0.6) is 0 Å². The molecule has 0 spiro atoms. The van der Waals surface area contributed by atoms with E-state index in [0.29, 0.717) is 11.4 Å². The Bertz CT molecular complexity index is 1370. The van der Waals surface area contributed by atoms with Gasteiger partial charge in [0, 0.05) is 12.8 Å². The van der Waals surface area contributed by atoms with E-state index < -0.39 is 64.7 Å². The van der Waals surface area contributed by atoms with E-state index in [4.69, 9.17) is 4.52 Å². The summed E-state index contributed by atoms with van der Waals surface area (Å²) in [5.41, 5.74) is 0.0733. The topological polar surface area (TPSA) is 236 Å². The van der Waals surface area contributed by atoms with Crippen molar-refractivity contribution in [1.29, 1.82) is 0 Å². The molecule has 3 aliphatic rings. The summed E-state index contributed by atoms with van der Waals surface area (Å²) in [4.78, 5) is 66.2. The minimum absolute atomic E-state index is 0.137. The number of thioether (sulfide) groups is 1. The monoisotopic (exact) mass is 551 g/mol. The third kappa shape index (κ3) is 3.99. The molecule has 1 saturated heterocycles. The number of thiol groups is 1. The molecule has 3 aliphatic heterocycles. The summed E-state index contributed by atoms with van der Waals surface area (Å²) in [6.07, 6.45) is 0. The molecule has 0 aliphatic carbocycles. The second-order valence-electron chi connectivity index (χ2n) is 8.20. The maximum absolute atomic E-state index is 12.9. The molecule has 0 saturated carbocycles. The summed E-state index contributed by atoms with van der Waals surface area (Å²) in [6, 6.07) is -1.03. The van der Waals surface area contributed by atoms with Gasteiger partial charge in [0.05, 0.1) is 11.8 Å². The van der Waals surface area contributed by atoms with Crippen LogP contribution in [0.3, 0.4) is 0 Å². The molecule has 5 rings (SSSR count). The minimum atomic E-state index is -1.34. The van der Waals surface area contributed by atoms with Crippen LogP contribution in [-0.4, -0.2) is 98.8 Å². The number of fused-ring (bicyclic) bond motifs is 3. The molecular weight excluding hydrogens is 534 g/mol. The van der Waals surface area contributed by atoms with Crippen molar-refractivity contribution in [3.05, 3.63) is 28.8 Å². The van der Waals surface area contributed by atoms with Crippen LogP contribution in [0.15, 0.2) is 15.8 Å². The third-order valence-electron chi connectivity index (χ3n) is 6.05. The molecule has 17 nitrogen and oxygen atoms in total. The second-order valence-corrected chi connectivity index (χ2v) is 9.82. The normalized spacial score (nSPS) is 24.8. The summed E-state index contributed by atoms with van der Waals surface area (Å²) in [5.74, 6) is -7.27. The summed E-state index contributed by atoms with van der Waals surface area (Å²) in [7, 11) is 1.57. The van der Waals surface area contributed by atoms with Gasteiger partial charge in [0.2, 0.25) is 17.7 Å². The van der Waals surface area contributed by atoms with Gasteiger partial charge in [-0.25, -0.2) is 9.48 Å². The number of aromatic nitrogens is 6. The Hall–Kier alpha value is -4.00. The van der Waals surface area contributed by atoms with Crippen LogP contribution < -0.4 is 10.6 Å². The second kappa shape index (κ2) is 9.14. The van der Waals surface area contributed by atoms with Gasteiger partial charge in [-0.1, -0.05) is 5.16 Å². The lowest BCUT2D eigenvalue weighted by Crippen LogP contribution is -2.71. The number of amides is 3. The van der Waals surface area contributed by atoms with E-state index in [2.05, 4.69) is 48.9 Å². The van der Waals surface area contributed by atoms with E-state index in [1.165, 1.54) is 16.4 Å². The molecule has 2 aromatic heterocycles. The lowest BCUT2D eigenvalue weighted by molar-refractivity contribution is -0.150. The van der Waals surface area contributed by atoms with Crippen LogP contribution in [0.25, 0.3) is 0 Å². The van der Waals surface area contributed by atoms with Crippen LogP contribution in [0.1, 0.15) is 34.6 Å². The number of tetrazole rings is 1. The number of carboxylic acids is 2. The Kier molecular flexibility index (Phi) is 6.10. The van der Waals surface area contributed by atoms with Gasteiger partial charge in [-0.15, -0.1) is 16.9 Å². The maximum Gasteiger partial charge on any atom is 0.352 e. The number of rotatable bonds is 8. The minimum Gasteiger partial charge on any atom is -0.481 e. The van der Waals surface area contributed by atoms with E-state index in [-0.39, 0.29) is 23.2 Å². The van der Waals surface area contributed by atoms with Crippen molar-refractivity contribution in [3.8, 4) is 0 Å². The van der Waals surface area contributed by atoms with E-state index in [1.54, 1.807) is 7.05 Å². The van der Waals surface area contributed by atoms with E-state index in [1.807, 2.05) is 0 Å². The highest BCUT2D eigenvalue weighted by Crippen LogP contribution is 2.45. The SMILES string of the molecule is Cn1nnnc1C(S)C1=C(C(=O)O)N2C(=O)C(NC(=O)CNC(=O)C3c4nc(no4)C3C(=O)O)C2SC1. The summed E-state index contributed by atoms with van der Waals surface area (Å²) in [6.45, 7) is -0.562. The molecule has 1 fully saturated rings. The van der Waals surface area contributed by atoms with Crippen LogP contribution in [0, 0.1) is 0 Å². The Balaban J connectivity index is 1.23. The molecule has 37 heavy (non-hydrogen) atoms. The number of hydrogen-bond acceptors (Lipinski definition) is 13. The molecule has 0 aromatic carbocycles. The van der Waals surface area contributed by atoms with Crippen molar-refractivity contribution in [1.82, 2.24) is 45.9 Å². The van der Waals surface area contributed by atoms with E-state index in [0.717, 1.165) is 4.90 Å². The highest BCUT2D eigenvalue weighted by Gasteiger charge is 2.55. The fraction of sp³-hybridized carbons (Fsp3) is 0.444. The van der Waals surface area contributed by atoms with Crippen molar-refractivity contribution >= 4 is 54.1 Å². The summed E-state index contributed by atoms with van der Waals surface area (Å²) >= 11 is 5.69. The van der Waals surface area contributed by atoms with E-state index >= 15 is 0 Å². The van der Waals surface area contributed by atoms with Crippen molar-refractivity contribution in [3.63, 3.8) is 0 Å². The van der Waals surface area contributed by atoms with Crippen molar-refractivity contribution in [2.75, 3.05) is 12.3 Å². The summed E-state index contributed by atoms with van der Waals surface area (Å²) in [5, 5.41) is 37.0. The van der Waals surface area contributed by atoms with Crippen molar-refractivity contribution in [2.24, 2.45) is 7.05 Å². The van der Waals surface area contributed by atoms with Gasteiger partial charge in [0.1, 0.15) is 28.9 Å². The van der Waals surface area contributed by atoms with Gasteiger partial charge in [0.15, 0.2) is 11.6 Å². The number of hydrogen-bond donors (Lipinski definition) is 5. The van der Waals surface area contributed by atoms with Gasteiger partial charge in [0.25, 0.3) is 5.91 Å². The number of nitrogens with one attached hydrogen (secondary N) is 2. The molecule has 0 radical (unpaired) electrons. The first-order valence-corrected chi connectivity index (χ1v) is 12.1. The molecule has 5 atom stereocenters. The highest BCUT2D eigenvalue weighted by molar-refractivity contribution is 8.00. The first-order chi connectivity index (χ1) is 17.6. The van der Waals surface area contributed by atoms with Crippen molar-refractivity contribution < 1.29 is 38.7 Å². The molecule has 5 unspecified atom stereocenters. The smallest absolute Gasteiger partial charge is 0.352 e. The zero-order valence-corrected chi connectivity index (χ0v) is 20.3. The molecule has 2 bridgehead atoms. The highest BCUT2D eigenvalue weighted by atomic mass is 32.2. The lowest BCUT2D eigenvalue weighted by Gasteiger charge is -2.49. The average Bonchev–Trinajstić information content (AvgIpc) is 3.60. The Morgan fingerprint density at radius 3 is 2.68 bits per heavy atom. The quantitative estimate of drug-likeness (QED) is 0.167. The standard InChI is InChI=1S/C18H17N9O8S2/c1-26-12(22-24-25-26)10(36)4-3-37-16-8(15(30)27(16)9(4)18(33)34)20-5(28)2-19-13(29)7-6(17(31)32)11-21-14(7)35-23-11/h6-8,10,16,36H,2-3H2,1H3,(H,19,29)(H,20,28)(H,31,32)(H,33,34). The van der Waals surface area contributed by atoms with Gasteiger partial charge in [-0.05, 0) is 16.0 Å². The molecule has 2 aromatic rings. The largest absolute Gasteiger partial charge is 0.481 e. The molecule has 4 N–H and O–H groups in total. The molecule has 5 heterocycles. The van der Waals surface area contributed by atoms with Crippen molar-refractivity contribution in [2.45, 2.75) is 28.5 Å². The van der Waals surface area contributed by atoms with Crippen LogP contribution >= 0.6 is 24.4 Å². The predicted octanol–water partition coefficient (Wildman–Crippen LogP) is -2.62. The predicted molar refractivity (Wildman–Crippen MR) is 121 cm³/mol. The summed E-state index contributed by atoms with van der Waals surface area (Å²) < 4.78 is 6.16. The number of aliphatic carboxylic acids is 2. The maximum atomic E-state index is 12.9. The fourth-order valence-electron chi connectivity index (χ4n) is 4.29. The van der Waals surface area contributed by atoms with Gasteiger partial charge in [-0.3, -0.25) is 24.1 Å². The molecular formula is C18H17N9O8S2. The van der Waals surface area contributed by atoms with Crippen LogP contribution in [0.4, 0.5) is 0 Å². The van der Waals surface area contributed by atoms with E-state index in [9.17, 15) is 34.2 Å². The Morgan fingerprint density at radius 2 is 2.03 bits per heavy atom. The third-order valence-corrected chi connectivity index (χ3v) is 7.90. The van der Waals surface area contributed by atoms with Gasteiger partial charge in [-0.2, -0.15) is 17.6 Å². The number of carboxylic acid groups (broad SMARTS) is 2. The number of β-lactam (4-membered cyclic amide) rings is 1. The van der Waals surface area contributed by atoms with Crippen LogP contribution in [-0.2, 0) is 31.0 Å². The average molecular weight is 552 g/mol. The zero-order valence-electron chi connectivity index (χ0n) is 18.6. The van der Waals surface area contributed by atoms with Crippen LogP contribution in [0.2, 0.25) is 0 Å². The Morgan fingerprint density at radius 1 is 1.27 bits per heavy atom. The number of carbonyl (C=O) groups excluding carboxylic acids is 3. The zero-order chi connectivity index (χ0) is 26.6. The number of carbonyl (C=O) groups is 5. The fourth-order valence-corrected chi connectivity index (χ4v) is 6.23. The molecule has 194 valence electrons. The van der Waals surface area contributed by atoms with Gasteiger partial charge < -0.3 is 25.4 Å². The first kappa shape index (κ1) is 24.7.